The third-order valence-electron chi connectivity index (χ3n) is 1.95. The first kappa shape index (κ1) is 12.9. The monoisotopic (exact) mass is 238 g/mol. The van der Waals surface area contributed by atoms with E-state index in [0.29, 0.717) is 12.2 Å². The lowest BCUT2D eigenvalue weighted by Crippen LogP contribution is -2.10. The van der Waals surface area contributed by atoms with Crippen molar-refractivity contribution in [1.29, 1.82) is 0 Å². The molecular weight excluding hydrogens is 224 g/mol. The number of hydrogen-bond acceptors (Lipinski definition) is 6. The molecule has 0 unspecified atom stereocenters. The van der Waals surface area contributed by atoms with Crippen molar-refractivity contribution in [2.45, 2.75) is 13.3 Å². The molecule has 0 saturated carbocycles. The summed E-state index contributed by atoms with van der Waals surface area (Å²) >= 11 is 0. The average molecular weight is 238 g/mol. The lowest BCUT2D eigenvalue weighted by Gasteiger charge is -2.07. The second-order valence-corrected chi connectivity index (χ2v) is 3.48. The van der Waals surface area contributed by atoms with Gasteiger partial charge in [0.2, 0.25) is 0 Å². The maximum Gasteiger partial charge on any atom is 0.331 e. The van der Waals surface area contributed by atoms with Gasteiger partial charge in [-0.3, -0.25) is 10.1 Å². The van der Waals surface area contributed by atoms with Crippen molar-refractivity contribution in [2.75, 3.05) is 12.0 Å². The number of anilines is 1. The Morgan fingerprint density at radius 3 is 2.94 bits per heavy atom. The number of nitrogens with two attached hydrogens (primary N) is 1. The summed E-state index contributed by atoms with van der Waals surface area (Å²) in [6, 6.07) is 2.70. The second kappa shape index (κ2) is 5.80. The zero-order valence-corrected chi connectivity index (χ0v) is 9.47. The van der Waals surface area contributed by atoms with Crippen LogP contribution < -0.4 is 16.0 Å². The first-order valence-corrected chi connectivity index (χ1v) is 4.94. The van der Waals surface area contributed by atoms with Gasteiger partial charge in [0.1, 0.15) is 5.82 Å². The predicted molar refractivity (Wildman–Crippen MR) is 63.6 cm³/mol. The van der Waals surface area contributed by atoms with E-state index in [1.54, 1.807) is 0 Å². The van der Waals surface area contributed by atoms with Crippen LogP contribution in [-0.4, -0.2) is 16.5 Å². The van der Waals surface area contributed by atoms with Crippen molar-refractivity contribution in [1.82, 2.24) is 4.98 Å². The van der Waals surface area contributed by atoms with Crippen LogP contribution in [0.15, 0.2) is 24.3 Å². The minimum Gasteiger partial charge on any atom is -0.472 e. The summed E-state index contributed by atoms with van der Waals surface area (Å²) in [7, 11) is 0. The van der Waals surface area contributed by atoms with Gasteiger partial charge < -0.3 is 10.2 Å². The molecule has 0 aliphatic carbocycles. The average Bonchev–Trinajstić information content (AvgIpc) is 2.28. The van der Waals surface area contributed by atoms with Gasteiger partial charge in [0.05, 0.1) is 11.5 Å². The predicted octanol–water partition coefficient (Wildman–Crippen LogP) is 1.62. The molecule has 0 radical (unpaired) electrons. The Morgan fingerprint density at radius 1 is 1.71 bits per heavy atom. The number of hydrazine groups is 1. The molecule has 3 N–H and O–H groups in total. The number of nitrogens with zero attached hydrogens (tertiary/aromatic N) is 2. The van der Waals surface area contributed by atoms with Crippen molar-refractivity contribution in [2.24, 2.45) is 5.84 Å². The topological polar surface area (TPSA) is 103 Å². The standard InChI is InChI=1S/C10H14N4O3/c1-7(2)5-6-17-10-8(14(15)16)3-4-9(12-10)13-11/h3-4H,1,5-6,11H2,2H3,(H,12,13). The van der Waals surface area contributed by atoms with Gasteiger partial charge in [-0.1, -0.05) is 5.57 Å². The molecule has 0 aliphatic rings. The van der Waals surface area contributed by atoms with Crippen molar-refractivity contribution >= 4 is 11.5 Å². The van der Waals surface area contributed by atoms with E-state index in [0.717, 1.165) is 5.57 Å². The summed E-state index contributed by atoms with van der Waals surface area (Å²) < 4.78 is 5.24. The summed E-state index contributed by atoms with van der Waals surface area (Å²) in [5, 5.41) is 10.7. The number of aromatic nitrogens is 1. The molecule has 1 rings (SSSR count). The van der Waals surface area contributed by atoms with Crippen molar-refractivity contribution in [3.05, 3.63) is 34.4 Å². The molecule has 1 heterocycles. The Hall–Kier alpha value is -2.15. The largest absolute Gasteiger partial charge is 0.472 e. The third-order valence-corrected chi connectivity index (χ3v) is 1.95. The lowest BCUT2D eigenvalue weighted by atomic mass is 10.3. The molecule has 0 aliphatic heterocycles. The highest BCUT2D eigenvalue weighted by molar-refractivity contribution is 5.48. The summed E-state index contributed by atoms with van der Waals surface area (Å²) in [4.78, 5) is 14.1. The maximum atomic E-state index is 10.7. The first-order chi connectivity index (χ1) is 8.04. The van der Waals surface area contributed by atoms with Crippen LogP contribution in [0.4, 0.5) is 11.5 Å². The van der Waals surface area contributed by atoms with Gasteiger partial charge >= 0.3 is 5.69 Å². The maximum absolute atomic E-state index is 10.7. The second-order valence-electron chi connectivity index (χ2n) is 3.48. The summed E-state index contributed by atoms with van der Waals surface area (Å²) in [5.74, 6) is 5.43. The molecular formula is C10H14N4O3. The molecule has 1 aromatic rings. The Bertz CT molecular complexity index is 434. The van der Waals surface area contributed by atoms with E-state index >= 15 is 0 Å². The molecule has 0 fully saturated rings. The lowest BCUT2D eigenvalue weighted by molar-refractivity contribution is -0.386. The minimum atomic E-state index is -0.552. The number of pyridine rings is 1. The fourth-order valence-electron chi connectivity index (χ4n) is 1.08. The fraction of sp³-hybridized carbons (Fsp3) is 0.300. The Labute approximate surface area is 98.4 Å². The molecule has 1 aromatic heterocycles. The summed E-state index contributed by atoms with van der Waals surface area (Å²) in [6.07, 6.45) is 0.610. The number of rotatable bonds is 6. The summed E-state index contributed by atoms with van der Waals surface area (Å²) in [6.45, 7) is 5.85. The van der Waals surface area contributed by atoms with Crippen molar-refractivity contribution < 1.29 is 9.66 Å². The van der Waals surface area contributed by atoms with Crippen molar-refractivity contribution in [3.8, 4) is 5.88 Å². The van der Waals surface area contributed by atoms with E-state index in [2.05, 4.69) is 17.0 Å². The van der Waals surface area contributed by atoms with Gasteiger partial charge in [-0.05, 0) is 13.0 Å². The van der Waals surface area contributed by atoms with E-state index in [-0.39, 0.29) is 18.2 Å². The third kappa shape index (κ3) is 3.72. The van der Waals surface area contributed by atoms with Gasteiger partial charge in [0, 0.05) is 12.5 Å². The number of nitrogen functional groups attached to an aromatic ring is 1. The normalized spacial score (nSPS) is 9.76. The molecule has 0 atom stereocenters. The highest BCUT2D eigenvalue weighted by Crippen LogP contribution is 2.26. The molecule has 7 nitrogen and oxygen atoms in total. The van der Waals surface area contributed by atoms with E-state index in [1.807, 2.05) is 6.92 Å². The number of nitrogens with one attached hydrogen (secondary N) is 1. The number of hydrogen-bond donors (Lipinski definition) is 2. The number of ether oxygens (including phenoxy) is 1. The molecule has 0 bridgehead atoms. The van der Waals surface area contributed by atoms with Gasteiger partial charge in [0.15, 0.2) is 0 Å². The van der Waals surface area contributed by atoms with Crippen LogP contribution in [-0.2, 0) is 0 Å². The summed E-state index contributed by atoms with van der Waals surface area (Å²) in [5.41, 5.74) is 3.04. The van der Waals surface area contributed by atoms with Crippen LogP contribution in [0.3, 0.4) is 0 Å². The molecule has 0 spiro atoms. The number of nitro groups is 1. The van der Waals surface area contributed by atoms with Gasteiger partial charge in [-0.2, -0.15) is 4.98 Å². The van der Waals surface area contributed by atoms with Crippen LogP contribution >= 0.6 is 0 Å². The van der Waals surface area contributed by atoms with Crippen LogP contribution in [0.1, 0.15) is 13.3 Å². The van der Waals surface area contributed by atoms with Crippen LogP contribution in [0, 0.1) is 10.1 Å². The smallest absolute Gasteiger partial charge is 0.331 e. The highest BCUT2D eigenvalue weighted by Gasteiger charge is 2.17. The van der Waals surface area contributed by atoms with Crippen molar-refractivity contribution in [3.63, 3.8) is 0 Å². The molecule has 0 aromatic carbocycles. The van der Waals surface area contributed by atoms with Gasteiger partial charge in [-0.25, -0.2) is 5.84 Å². The van der Waals surface area contributed by atoms with Crippen LogP contribution in [0.2, 0.25) is 0 Å². The molecule has 0 amide bonds. The SMILES string of the molecule is C=C(C)CCOc1nc(NN)ccc1[N+](=O)[O-]. The molecule has 0 saturated heterocycles. The van der Waals surface area contributed by atoms with Gasteiger partial charge in [-0.15, -0.1) is 6.58 Å². The van der Waals surface area contributed by atoms with E-state index in [4.69, 9.17) is 10.6 Å². The molecule has 7 heteroatoms. The van der Waals surface area contributed by atoms with E-state index in [1.165, 1.54) is 12.1 Å². The quantitative estimate of drug-likeness (QED) is 0.338. The van der Waals surface area contributed by atoms with E-state index < -0.39 is 4.92 Å². The molecule has 92 valence electrons. The Morgan fingerprint density at radius 2 is 2.41 bits per heavy atom. The van der Waals surface area contributed by atoms with Crippen LogP contribution in [0.25, 0.3) is 0 Å². The molecule has 17 heavy (non-hydrogen) atoms. The Kier molecular flexibility index (Phi) is 4.41. The minimum absolute atomic E-state index is 0.0494. The van der Waals surface area contributed by atoms with E-state index in [9.17, 15) is 10.1 Å². The highest BCUT2D eigenvalue weighted by atomic mass is 16.6. The fourth-order valence-corrected chi connectivity index (χ4v) is 1.08. The zero-order valence-electron chi connectivity index (χ0n) is 9.47. The first-order valence-electron chi connectivity index (χ1n) is 4.94. The van der Waals surface area contributed by atoms with Crippen LogP contribution in [0.5, 0.6) is 5.88 Å². The van der Waals surface area contributed by atoms with Gasteiger partial charge in [0.25, 0.3) is 5.88 Å². The Balaban J connectivity index is 2.85. The zero-order chi connectivity index (χ0) is 12.8.